The predicted octanol–water partition coefficient (Wildman–Crippen LogP) is 5.03. The summed E-state index contributed by atoms with van der Waals surface area (Å²) in [6.45, 7) is 25.0. The molecule has 0 bridgehead atoms. The molecule has 0 aromatic heterocycles. The summed E-state index contributed by atoms with van der Waals surface area (Å²) in [6.07, 6.45) is 0.607. The third-order valence-electron chi connectivity index (χ3n) is 10.7. The van der Waals surface area contributed by atoms with Crippen LogP contribution >= 0.6 is 0 Å². The van der Waals surface area contributed by atoms with Gasteiger partial charge in [-0.15, -0.1) is 0 Å². The van der Waals surface area contributed by atoms with Crippen molar-refractivity contribution in [3.05, 3.63) is 29.8 Å². The molecule has 1 aromatic rings. The van der Waals surface area contributed by atoms with Gasteiger partial charge in [0.15, 0.2) is 0 Å². The molecule has 60 heavy (non-hydrogen) atoms. The van der Waals surface area contributed by atoms with E-state index >= 15 is 0 Å². The van der Waals surface area contributed by atoms with Gasteiger partial charge in [-0.1, -0.05) is 87.3 Å². The Bertz CT molecular complexity index is 1590. The summed E-state index contributed by atoms with van der Waals surface area (Å²) < 4.78 is 11.8. The standard InChI is InChI=1S/C45H75N5O10/c1-16-27(8)33(18-3)42(55)50(15)35(24-31-19-21-32(22-20-31)60-45(12,13)14)40(53)48-36(28(9)17-2)44(58)59-30(11)37(41(54)47-34(43(56)57)23-25(4)5)49-39(52)29(10)46-38(51)26(6)7/h19-22,25-30,33-37H,16-18,23-24H2,1-15H3,(H,46,51)(H,47,54)(H,48,53)(H,49,52)(H,56,57). The van der Waals surface area contributed by atoms with E-state index in [0.29, 0.717) is 18.6 Å². The van der Waals surface area contributed by atoms with Gasteiger partial charge in [0, 0.05) is 25.3 Å². The van der Waals surface area contributed by atoms with Crippen molar-refractivity contribution in [2.24, 2.45) is 29.6 Å². The zero-order chi connectivity index (χ0) is 46.2. The largest absolute Gasteiger partial charge is 0.488 e. The van der Waals surface area contributed by atoms with E-state index in [1.807, 2.05) is 60.6 Å². The Morgan fingerprint density at radius 1 is 0.700 bits per heavy atom. The summed E-state index contributed by atoms with van der Waals surface area (Å²) in [5.74, 6) is -5.74. The van der Waals surface area contributed by atoms with E-state index in [0.717, 1.165) is 12.0 Å². The summed E-state index contributed by atoms with van der Waals surface area (Å²) in [7, 11) is 1.59. The quantitative estimate of drug-likeness (QED) is 0.0877. The molecule has 5 amide bonds. The first kappa shape index (κ1) is 53.3. The summed E-state index contributed by atoms with van der Waals surface area (Å²) in [5.41, 5.74) is 0.330. The Kier molecular flexibility index (Phi) is 21.8. The number of nitrogens with one attached hydrogen (secondary N) is 4. The third-order valence-corrected chi connectivity index (χ3v) is 10.7. The molecule has 340 valence electrons. The van der Waals surface area contributed by atoms with Crippen LogP contribution in [0.1, 0.15) is 128 Å². The fourth-order valence-corrected chi connectivity index (χ4v) is 6.51. The second-order valence-electron chi connectivity index (χ2n) is 17.8. The summed E-state index contributed by atoms with van der Waals surface area (Å²) in [5, 5.41) is 20.2. The minimum absolute atomic E-state index is 0.0584. The van der Waals surface area contributed by atoms with E-state index in [1.54, 1.807) is 53.8 Å². The Hall–Kier alpha value is -4.69. The maximum Gasteiger partial charge on any atom is 0.329 e. The highest BCUT2D eigenvalue weighted by Crippen LogP contribution is 2.25. The van der Waals surface area contributed by atoms with Crippen LogP contribution in [0.15, 0.2) is 24.3 Å². The van der Waals surface area contributed by atoms with Crippen molar-refractivity contribution in [3.8, 4) is 5.75 Å². The maximum absolute atomic E-state index is 14.4. The van der Waals surface area contributed by atoms with Crippen molar-refractivity contribution < 1.29 is 48.1 Å². The second kappa shape index (κ2) is 24.5. The lowest BCUT2D eigenvalue weighted by molar-refractivity contribution is -0.158. The van der Waals surface area contributed by atoms with E-state index in [-0.39, 0.29) is 36.5 Å². The Morgan fingerprint density at radius 2 is 1.25 bits per heavy atom. The number of carboxylic acids is 1. The van der Waals surface area contributed by atoms with Gasteiger partial charge in [-0.25, -0.2) is 9.59 Å². The SMILES string of the molecule is CCC(C)C(CC)C(=O)N(C)C(Cc1ccc(OC(C)(C)C)cc1)C(=O)NC(C(=O)OC(C)C(NC(=O)C(C)NC(=O)C(C)C)C(=O)NC(CC(C)C)C(=O)O)C(C)CC. The number of rotatable bonds is 24. The lowest BCUT2D eigenvalue weighted by atomic mass is 9.87. The van der Waals surface area contributed by atoms with Gasteiger partial charge < -0.3 is 40.7 Å². The normalized spacial score (nSPS) is 16.1. The van der Waals surface area contributed by atoms with Gasteiger partial charge in [0.2, 0.25) is 29.5 Å². The number of amides is 5. The van der Waals surface area contributed by atoms with Crippen LogP contribution in [0.25, 0.3) is 0 Å². The molecule has 0 aliphatic carbocycles. The van der Waals surface area contributed by atoms with Crippen LogP contribution in [-0.2, 0) is 44.7 Å². The van der Waals surface area contributed by atoms with Crippen LogP contribution in [0.3, 0.4) is 0 Å². The van der Waals surface area contributed by atoms with E-state index in [9.17, 15) is 38.7 Å². The molecule has 5 N–H and O–H groups in total. The van der Waals surface area contributed by atoms with E-state index in [2.05, 4.69) is 21.3 Å². The molecule has 15 nitrogen and oxygen atoms in total. The van der Waals surface area contributed by atoms with Crippen LogP contribution in [0.5, 0.6) is 5.75 Å². The first-order chi connectivity index (χ1) is 27.8. The second-order valence-corrected chi connectivity index (χ2v) is 17.8. The van der Waals surface area contributed by atoms with Crippen molar-refractivity contribution in [1.29, 1.82) is 0 Å². The maximum atomic E-state index is 14.4. The highest BCUT2D eigenvalue weighted by Gasteiger charge is 2.39. The Morgan fingerprint density at radius 3 is 1.72 bits per heavy atom. The Balaban J connectivity index is 3.60. The van der Waals surface area contributed by atoms with Crippen LogP contribution in [0.4, 0.5) is 0 Å². The number of benzene rings is 1. The summed E-state index contributed by atoms with van der Waals surface area (Å²) in [4.78, 5) is 95.5. The monoisotopic (exact) mass is 846 g/mol. The molecule has 0 spiro atoms. The van der Waals surface area contributed by atoms with Gasteiger partial charge in [-0.05, 0) is 82.9 Å². The first-order valence-electron chi connectivity index (χ1n) is 21.5. The summed E-state index contributed by atoms with van der Waals surface area (Å²) in [6, 6.07) is 1.00. The molecule has 9 atom stereocenters. The minimum Gasteiger partial charge on any atom is -0.488 e. The van der Waals surface area contributed by atoms with E-state index in [1.165, 1.54) is 18.7 Å². The fraction of sp³-hybridized carbons (Fsp3) is 0.711. The van der Waals surface area contributed by atoms with Crippen LogP contribution < -0.4 is 26.0 Å². The predicted molar refractivity (Wildman–Crippen MR) is 231 cm³/mol. The third kappa shape index (κ3) is 17.1. The summed E-state index contributed by atoms with van der Waals surface area (Å²) >= 11 is 0. The smallest absolute Gasteiger partial charge is 0.329 e. The number of likely N-dealkylation sites (N-methyl/N-ethyl adjacent to an activating group) is 1. The molecule has 0 fully saturated rings. The van der Waals surface area contributed by atoms with Gasteiger partial charge in [-0.2, -0.15) is 0 Å². The zero-order valence-electron chi connectivity index (χ0n) is 38.8. The van der Waals surface area contributed by atoms with Gasteiger partial charge >= 0.3 is 11.9 Å². The minimum atomic E-state index is -1.59. The van der Waals surface area contributed by atoms with Crippen LogP contribution in [-0.4, -0.2) is 100 Å². The number of nitrogens with zero attached hydrogens (tertiary/aromatic N) is 1. The Labute approximate surface area is 358 Å². The molecule has 0 radical (unpaired) electrons. The number of esters is 1. The lowest BCUT2D eigenvalue weighted by Crippen LogP contribution is -2.60. The van der Waals surface area contributed by atoms with E-state index < -0.39 is 89.3 Å². The van der Waals surface area contributed by atoms with Crippen molar-refractivity contribution in [3.63, 3.8) is 0 Å². The zero-order valence-corrected chi connectivity index (χ0v) is 38.8. The number of carbonyl (C=O) groups excluding carboxylic acids is 6. The molecule has 0 aliphatic heterocycles. The molecule has 0 aliphatic rings. The van der Waals surface area contributed by atoms with Gasteiger partial charge in [0.1, 0.15) is 47.7 Å². The van der Waals surface area contributed by atoms with Crippen molar-refractivity contribution in [1.82, 2.24) is 26.2 Å². The highest BCUT2D eigenvalue weighted by atomic mass is 16.5. The molecule has 9 unspecified atom stereocenters. The first-order valence-corrected chi connectivity index (χ1v) is 21.5. The number of aliphatic carboxylic acids is 1. The van der Waals surface area contributed by atoms with Crippen LogP contribution in [0.2, 0.25) is 0 Å². The van der Waals surface area contributed by atoms with Crippen molar-refractivity contribution in [2.45, 2.75) is 171 Å². The van der Waals surface area contributed by atoms with Crippen molar-refractivity contribution >= 4 is 41.5 Å². The molecule has 0 heterocycles. The molecule has 1 rings (SSSR count). The molecule has 15 heteroatoms. The van der Waals surface area contributed by atoms with E-state index in [4.69, 9.17) is 9.47 Å². The number of hydrogen-bond donors (Lipinski definition) is 5. The van der Waals surface area contributed by atoms with Gasteiger partial charge in [-0.3, -0.25) is 24.0 Å². The number of carbonyl (C=O) groups is 7. The number of carboxylic acid groups (broad SMARTS) is 1. The fourth-order valence-electron chi connectivity index (χ4n) is 6.51. The molecule has 0 saturated heterocycles. The number of ether oxygens (including phenoxy) is 2. The van der Waals surface area contributed by atoms with Gasteiger partial charge in [0.25, 0.3) is 0 Å². The topological polar surface area (TPSA) is 210 Å². The van der Waals surface area contributed by atoms with Crippen molar-refractivity contribution in [2.75, 3.05) is 7.05 Å². The van der Waals surface area contributed by atoms with Gasteiger partial charge in [0.05, 0.1) is 0 Å². The molecule has 1 aromatic carbocycles. The average molecular weight is 846 g/mol. The lowest BCUT2D eigenvalue weighted by Gasteiger charge is -2.34. The average Bonchev–Trinajstić information content (AvgIpc) is 3.16. The molecular weight excluding hydrogens is 771 g/mol. The molecular formula is C45H75N5O10. The molecule has 0 saturated carbocycles. The highest BCUT2D eigenvalue weighted by molar-refractivity contribution is 5.95. The number of hydrogen-bond acceptors (Lipinski definition) is 9. The van der Waals surface area contributed by atoms with Crippen LogP contribution in [0, 0.1) is 29.6 Å².